The minimum Gasteiger partial charge on any atom is -0.392 e. The Labute approximate surface area is 104 Å². The molecule has 94 valence electrons. The Kier molecular flexibility index (Phi) is 3.74. The smallest absolute Gasteiger partial charge is 0.273 e. The lowest BCUT2D eigenvalue weighted by molar-refractivity contribution is 0.0915. The van der Waals surface area contributed by atoms with Gasteiger partial charge in [-0.1, -0.05) is 35.5 Å². The van der Waals surface area contributed by atoms with Crippen LogP contribution >= 0.6 is 0 Å². The highest BCUT2D eigenvalue weighted by Gasteiger charge is 2.13. The van der Waals surface area contributed by atoms with Gasteiger partial charge in [0.25, 0.3) is 5.91 Å². The van der Waals surface area contributed by atoms with Crippen LogP contribution in [0.25, 0.3) is 11.3 Å². The summed E-state index contributed by atoms with van der Waals surface area (Å²) in [6.07, 6.45) is -0.588. The van der Waals surface area contributed by atoms with E-state index in [9.17, 15) is 4.79 Å². The molecule has 2 N–H and O–H groups in total. The number of aromatic nitrogens is 1. The van der Waals surface area contributed by atoms with Crippen LogP contribution in [0.4, 0.5) is 0 Å². The molecule has 2 rings (SSSR count). The van der Waals surface area contributed by atoms with Gasteiger partial charge in [-0.2, -0.15) is 0 Å². The molecule has 0 spiro atoms. The number of nitrogens with zero attached hydrogens (tertiary/aromatic N) is 1. The summed E-state index contributed by atoms with van der Waals surface area (Å²) in [5, 5.41) is 15.3. The van der Waals surface area contributed by atoms with Crippen LogP contribution in [-0.4, -0.2) is 28.8 Å². The van der Waals surface area contributed by atoms with E-state index in [1.165, 1.54) is 0 Å². The first-order chi connectivity index (χ1) is 8.66. The maximum absolute atomic E-state index is 11.6. The third kappa shape index (κ3) is 2.95. The van der Waals surface area contributed by atoms with Crippen molar-refractivity contribution in [1.29, 1.82) is 0 Å². The van der Waals surface area contributed by atoms with Gasteiger partial charge in [-0.3, -0.25) is 4.79 Å². The molecule has 0 bridgehead atoms. The molecule has 0 fully saturated rings. The van der Waals surface area contributed by atoms with Gasteiger partial charge in [0.1, 0.15) is 0 Å². The number of hydrogen-bond acceptors (Lipinski definition) is 4. The summed E-state index contributed by atoms with van der Waals surface area (Å²) in [5.74, 6) is 0.180. The maximum Gasteiger partial charge on any atom is 0.273 e. The average molecular weight is 246 g/mol. The Morgan fingerprint density at radius 2 is 2.17 bits per heavy atom. The van der Waals surface area contributed by atoms with Crippen LogP contribution in [0.2, 0.25) is 0 Å². The lowest BCUT2D eigenvalue weighted by Gasteiger charge is -2.03. The van der Waals surface area contributed by atoms with Gasteiger partial charge < -0.3 is 14.9 Å². The second-order valence-electron chi connectivity index (χ2n) is 4.00. The van der Waals surface area contributed by atoms with Gasteiger partial charge >= 0.3 is 0 Å². The Morgan fingerprint density at radius 3 is 2.83 bits per heavy atom. The van der Waals surface area contributed by atoms with Crippen molar-refractivity contribution in [1.82, 2.24) is 10.5 Å². The van der Waals surface area contributed by atoms with E-state index in [-0.39, 0.29) is 18.1 Å². The quantitative estimate of drug-likeness (QED) is 0.856. The van der Waals surface area contributed by atoms with Crippen molar-refractivity contribution >= 4 is 5.91 Å². The minimum atomic E-state index is -0.588. The summed E-state index contributed by atoms with van der Waals surface area (Å²) in [7, 11) is 0. The highest BCUT2D eigenvalue weighted by atomic mass is 16.5. The predicted molar refractivity (Wildman–Crippen MR) is 66.0 cm³/mol. The summed E-state index contributed by atoms with van der Waals surface area (Å²) in [4.78, 5) is 11.6. The van der Waals surface area contributed by atoms with E-state index in [0.29, 0.717) is 5.76 Å². The summed E-state index contributed by atoms with van der Waals surface area (Å²) in [6.45, 7) is 1.78. The summed E-state index contributed by atoms with van der Waals surface area (Å²) >= 11 is 0. The van der Waals surface area contributed by atoms with E-state index in [2.05, 4.69) is 10.5 Å². The topological polar surface area (TPSA) is 75.4 Å². The molecule has 0 aliphatic rings. The molecule has 1 heterocycles. The number of rotatable bonds is 4. The van der Waals surface area contributed by atoms with Gasteiger partial charge in [0.2, 0.25) is 0 Å². The van der Waals surface area contributed by atoms with Gasteiger partial charge in [-0.05, 0) is 6.92 Å². The molecule has 5 heteroatoms. The molecule has 18 heavy (non-hydrogen) atoms. The molecule has 1 aromatic carbocycles. The molecule has 0 saturated heterocycles. The van der Waals surface area contributed by atoms with Crippen molar-refractivity contribution in [2.24, 2.45) is 0 Å². The van der Waals surface area contributed by atoms with Gasteiger partial charge in [0.15, 0.2) is 11.5 Å². The Morgan fingerprint density at radius 1 is 1.44 bits per heavy atom. The number of aliphatic hydroxyl groups excluding tert-OH is 1. The zero-order valence-corrected chi connectivity index (χ0v) is 9.96. The Balaban J connectivity index is 2.09. The molecule has 0 radical (unpaired) electrons. The van der Waals surface area contributed by atoms with Gasteiger partial charge in [0, 0.05) is 18.2 Å². The number of benzene rings is 1. The molecule has 1 amide bonds. The van der Waals surface area contributed by atoms with Crippen LogP contribution in [0.15, 0.2) is 40.9 Å². The van der Waals surface area contributed by atoms with Gasteiger partial charge in [-0.25, -0.2) is 0 Å². The van der Waals surface area contributed by atoms with Crippen molar-refractivity contribution in [3.8, 4) is 11.3 Å². The molecule has 5 nitrogen and oxygen atoms in total. The van der Waals surface area contributed by atoms with E-state index in [0.717, 1.165) is 5.56 Å². The number of hydrogen-bond donors (Lipinski definition) is 2. The first-order valence-corrected chi connectivity index (χ1v) is 5.65. The molecule has 1 unspecified atom stereocenters. The van der Waals surface area contributed by atoms with Crippen LogP contribution in [0.5, 0.6) is 0 Å². The Bertz CT molecular complexity index is 520. The van der Waals surface area contributed by atoms with Crippen LogP contribution in [0, 0.1) is 0 Å². The fraction of sp³-hybridized carbons (Fsp3) is 0.231. The van der Waals surface area contributed by atoms with Crippen molar-refractivity contribution in [3.63, 3.8) is 0 Å². The second-order valence-corrected chi connectivity index (χ2v) is 4.00. The minimum absolute atomic E-state index is 0.187. The van der Waals surface area contributed by atoms with E-state index >= 15 is 0 Å². The first kappa shape index (κ1) is 12.3. The SMILES string of the molecule is CC(O)CNC(=O)c1cc(-c2ccccc2)on1. The summed E-state index contributed by atoms with van der Waals surface area (Å²) in [5.41, 5.74) is 1.06. The van der Waals surface area contributed by atoms with Crippen molar-refractivity contribution < 1.29 is 14.4 Å². The van der Waals surface area contributed by atoms with Crippen LogP contribution < -0.4 is 5.32 Å². The monoisotopic (exact) mass is 246 g/mol. The lowest BCUT2D eigenvalue weighted by atomic mass is 10.1. The summed E-state index contributed by atoms with van der Waals surface area (Å²) in [6, 6.07) is 11.0. The molecule has 1 aromatic heterocycles. The number of carbonyl (C=O) groups excluding carboxylic acids is 1. The fourth-order valence-corrected chi connectivity index (χ4v) is 1.45. The van der Waals surface area contributed by atoms with Crippen LogP contribution in [0.1, 0.15) is 17.4 Å². The average Bonchev–Trinajstić information content (AvgIpc) is 2.86. The normalized spacial score (nSPS) is 12.1. The Hall–Kier alpha value is -2.14. The van der Waals surface area contributed by atoms with E-state index < -0.39 is 6.10 Å². The lowest BCUT2D eigenvalue weighted by Crippen LogP contribution is -2.30. The largest absolute Gasteiger partial charge is 0.392 e. The van der Waals surface area contributed by atoms with Gasteiger partial charge in [-0.15, -0.1) is 0 Å². The number of amides is 1. The van der Waals surface area contributed by atoms with E-state index in [1.807, 2.05) is 30.3 Å². The third-order valence-electron chi connectivity index (χ3n) is 2.36. The predicted octanol–water partition coefficient (Wildman–Crippen LogP) is 1.45. The fourth-order valence-electron chi connectivity index (χ4n) is 1.45. The first-order valence-electron chi connectivity index (χ1n) is 5.65. The van der Waals surface area contributed by atoms with Gasteiger partial charge in [0.05, 0.1) is 6.10 Å². The standard InChI is InChI=1S/C13H14N2O3/c1-9(16)8-14-13(17)11-7-12(18-15-11)10-5-3-2-4-6-10/h2-7,9,16H,8H2,1H3,(H,14,17). The highest BCUT2D eigenvalue weighted by molar-refractivity contribution is 5.93. The molecule has 2 aromatic rings. The van der Waals surface area contributed by atoms with Crippen molar-refractivity contribution in [2.45, 2.75) is 13.0 Å². The van der Waals surface area contributed by atoms with Crippen molar-refractivity contribution in [3.05, 3.63) is 42.1 Å². The molecule has 0 aliphatic heterocycles. The van der Waals surface area contributed by atoms with E-state index in [1.54, 1.807) is 13.0 Å². The number of nitrogens with one attached hydrogen (secondary N) is 1. The number of carbonyl (C=O) groups is 1. The molecule has 1 atom stereocenters. The van der Waals surface area contributed by atoms with E-state index in [4.69, 9.17) is 9.63 Å². The third-order valence-corrected chi connectivity index (χ3v) is 2.36. The van der Waals surface area contributed by atoms with Crippen molar-refractivity contribution in [2.75, 3.05) is 6.54 Å². The molecular formula is C13H14N2O3. The summed E-state index contributed by atoms with van der Waals surface area (Å²) < 4.78 is 5.11. The molecule has 0 aliphatic carbocycles. The van der Waals surface area contributed by atoms with Crippen LogP contribution in [-0.2, 0) is 0 Å². The second kappa shape index (κ2) is 5.46. The van der Waals surface area contributed by atoms with Crippen LogP contribution in [0.3, 0.4) is 0 Å². The molecular weight excluding hydrogens is 232 g/mol. The zero-order valence-electron chi connectivity index (χ0n) is 9.96. The molecule has 0 saturated carbocycles. The zero-order chi connectivity index (χ0) is 13.0. The maximum atomic E-state index is 11.6. The number of aliphatic hydroxyl groups is 1. The highest BCUT2D eigenvalue weighted by Crippen LogP contribution is 2.19.